The predicted molar refractivity (Wildman–Crippen MR) is 119 cm³/mol. The third kappa shape index (κ3) is 6.28. The minimum atomic E-state index is -0.563. The van der Waals surface area contributed by atoms with Crippen molar-refractivity contribution in [3.63, 3.8) is 0 Å². The standard InChI is InChI=1S/C21H21ClFN5O2S/c1-2-28-18(11-12-24-20(30)16-5-3-4-6-17(16)23)26-27-21(28)31-13-19(29)25-15-9-7-14(22)8-10-15/h3-10H,2,11-13H2,1H3,(H,24,30)(H,25,29). The summed E-state index contributed by atoms with van der Waals surface area (Å²) in [5.74, 6) is -0.361. The molecule has 0 aliphatic heterocycles. The van der Waals surface area contributed by atoms with Gasteiger partial charge in [-0.2, -0.15) is 0 Å². The third-order valence-electron chi connectivity index (χ3n) is 4.32. The first-order valence-corrected chi connectivity index (χ1v) is 11.0. The average Bonchev–Trinajstić information content (AvgIpc) is 3.16. The molecule has 7 nitrogen and oxygen atoms in total. The second-order valence-electron chi connectivity index (χ2n) is 6.47. The van der Waals surface area contributed by atoms with Gasteiger partial charge in [0, 0.05) is 30.2 Å². The van der Waals surface area contributed by atoms with Gasteiger partial charge in [0.25, 0.3) is 5.91 Å². The molecular weight excluding hydrogens is 441 g/mol. The second-order valence-corrected chi connectivity index (χ2v) is 7.85. The van der Waals surface area contributed by atoms with Crippen molar-refractivity contribution < 1.29 is 14.0 Å². The van der Waals surface area contributed by atoms with Crippen molar-refractivity contribution in [3.8, 4) is 0 Å². The normalized spacial score (nSPS) is 10.7. The van der Waals surface area contributed by atoms with Gasteiger partial charge in [0.1, 0.15) is 11.6 Å². The van der Waals surface area contributed by atoms with E-state index < -0.39 is 11.7 Å². The van der Waals surface area contributed by atoms with Crippen LogP contribution in [0.25, 0.3) is 0 Å². The van der Waals surface area contributed by atoms with Crippen LogP contribution in [0.2, 0.25) is 5.02 Å². The molecule has 31 heavy (non-hydrogen) atoms. The lowest BCUT2D eigenvalue weighted by atomic mass is 10.2. The molecule has 2 N–H and O–H groups in total. The first kappa shape index (κ1) is 22.8. The highest BCUT2D eigenvalue weighted by molar-refractivity contribution is 7.99. The zero-order chi connectivity index (χ0) is 22.2. The second kappa shape index (κ2) is 10.9. The number of rotatable bonds is 9. The number of amides is 2. The maximum atomic E-state index is 13.7. The van der Waals surface area contributed by atoms with E-state index in [1.54, 1.807) is 30.3 Å². The monoisotopic (exact) mass is 461 g/mol. The van der Waals surface area contributed by atoms with Crippen LogP contribution in [-0.4, -0.2) is 38.9 Å². The molecule has 0 unspecified atom stereocenters. The van der Waals surface area contributed by atoms with Crippen LogP contribution in [0, 0.1) is 5.82 Å². The van der Waals surface area contributed by atoms with Crippen molar-refractivity contribution in [3.05, 3.63) is 70.8 Å². The number of thioether (sulfide) groups is 1. The Morgan fingerprint density at radius 1 is 1.13 bits per heavy atom. The Morgan fingerprint density at radius 3 is 2.58 bits per heavy atom. The van der Waals surface area contributed by atoms with E-state index in [0.717, 1.165) is 0 Å². The Labute approximate surface area is 188 Å². The molecule has 10 heteroatoms. The highest BCUT2D eigenvalue weighted by Crippen LogP contribution is 2.19. The van der Waals surface area contributed by atoms with Crippen LogP contribution < -0.4 is 10.6 Å². The number of aromatic nitrogens is 3. The molecule has 0 radical (unpaired) electrons. The summed E-state index contributed by atoms with van der Waals surface area (Å²) in [6, 6.07) is 12.7. The molecule has 0 bridgehead atoms. The fourth-order valence-corrected chi connectivity index (χ4v) is 3.76. The Morgan fingerprint density at radius 2 is 1.87 bits per heavy atom. The van der Waals surface area contributed by atoms with Gasteiger partial charge in [0.15, 0.2) is 5.16 Å². The molecule has 1 aromatic heterocycles. The van der Waals surface area contributed by atoms with Gasteiger partial charge in [0.05, 0.1) is 11.3 Å². The van der Waals surface area contributed by atoms with Crippen molar-refractivity contribution in [2.45, 2.75) is 25.0 Å². The SMILES string of the molecule is CCn1c(CCNC(=O)c2ccccc2F)nnc1SCC(=O)Nc1ccc(Cl)cc1. The van der Waals surface area contributed by atoms with Gasteiger partial charge in [0.2, 0.25) is 5.91 Å². The number of nitrogens with one attached hydrogen (secondary N) is 2. The highest BCUT2D eigenvalue weighted by Gasteiger charge is 2.15. The van der Waals surface area contributed by atoms with Gasteiger partial charge in [-0.25, -0.2) is 4.39 Å². The molecule has 3 aromatic rings. The van der Waals surface area contributed by atoms with Crippen LogP contribution in [0.4, 0.5) is 10.1 Å². The fraction of sp³-hybridized carbons (Fsp3) is 0.238. The van der Waals surface area contributed by atoms with Gasteiger partial charge in [-0.3, -0.25) is 9.59 Å². The van der Waals surface area contributed by atoms with E-state index in [2.05, 4.69) is 20.8 Å². The molecule has 2 aromatic carbocycles. The zero-order valence-electron chi connectivity index (χ0n) is 16.8. The van der Waals surface area contributed by atoms with Crippen molar-refractivity contribution in [2.75, 3.05) is 17.6 Å². The Kier molecular flexibility index (Phi) is 8.02. The minimum Gasteiger partial charge on any atom is -0.351 e. The molecule has 2 amide bonds. The number of carbonyl (C=O) groups excluding carboxylic acids is 2. The van der Waals surface area contributed by atoms with E-state index in [9.17, 15) is 14.0 Å². The molecule has 0 fully saturated rings. The number of hydrogen-bond acceptors (Lipinski definition) is 5. The summed E-state index contributed by atoms with van der Waals surface area (Å²) < 4.78 is 15.6. The van der Waals surface area contributed by atoms with Crippen LogP contribution in [0.3, 0.4) is 0 Å². The van der Waals surface area contributed by atoms with Crippen molar-refractivity contribution >= 4 is 40.9 Å². The van der Waals surface area contributed by atoms with E-state index >= 15 is 0 Å². The van der Waals surface area contributed by atoms with Crippen molar-refractivity contribution in [1.29, 1.82) is 0 Å². The van der Waals surface area contributed by atoms with E-state index in [-0.39, 0.29) is 23.8 Å². The molecule has 1 heterocycles. The van der Waals surface area contributed by atoms with Gasteiger partial charge < -0.3 is 15.2 Å². The Hall–Kier alpha value is -2.91. The van der Waals surface area contributed by atoms with Gasteiger partial charge >= 0.3 is 0 Å². The first-order chi connectivity index (χ1) is 15.0. The number of benzene rings is 2. The van der Waals surface area contributed by atoms with E-state index in [4.69, 9.17) is 11.6 Å². The van der Waals surface area contributed by atoms with E-state index in [1.165, 1.54) is 30.0 Å². The van der Waals surface area contributed by atoms with E-state index in [0.29, 0.717) is 34.7 Å². The zero-order valence-corrected chi connectivity index (χ0v) is 18.3. The summed E-state index contributed by atoms with van der Waals surface area (Å²) in [5.41, 5.74) is 0.667. The van der Waals surface area contributed by atoms with Crippen molar-refractivity contribution in [1.82, 2.24) is 20.1 Å². The van der Waals surface area contributed by atoms with Crippen LogP contribution in [0.15, 0.2) is 53.7 Å². The van der Waals surface area contributed by atoms with Crippen molar-refractivity contribution in [2.24, 2.45) is 0 Å². The maximum absolute atomic E-state index is 13.7. The molecule has 0 saturated heterocycles. The van der Waals surface area contributed by atoms with Gasteiger partial charge in [-0.15, -0.1) is 10.2 Å². The average molecular weight is 462 g/mol. The summed E-state index contributed by atoms with van der Waals surface area (Å²) in [5, 5.41) is 15.0. The molecular formula is C21H21ClFN5O2S. The summed E-state index contributed by atoms with van der Waals surface area (Å²) >= 11 is 7.12. The molecule has 0 aliphatic carbocycles. The smallest absolute Gasteiger partial charge is 0.254 e. The highest BCUT2D eigenvalue weighted by atomic mass is 35.5. The minimum absolute atomic E-state index is 0.00222. The Balaban J connectivity index is 1.51. The first-order valence-electron chi connectivity index (χ1n) is 9.61. The molecule has 0 saturated carbocycles. The summed E-state index contributed by atoms with van der Waals surface area (Å²) in [6.07, 6.45) is 0.429. The molecule has 0 atom stereocenters. The Bertz CT molecular complexity index is 1060. The fourth-order valence-electron chi connectivity index (χ4n) is 2.82. The van der Waals surface area contributed by atoms with E-state index in [1.807, 2.05) is 11.5 Å². The lowest BCUT2D eigenvalue weighted by molar-refractivity contribution is -0.113. The lowest BCUT2D eigenvalue weighted by Crippen LogP contribution is -2.27. The molecule has 0 aliphatic rings. The van der Waals surface area contributed by atoms with Crippen LogP contribution in [0.1, 0.15) is 23.1 Å². The van der Waals surface area contributed by atoms with Gasteiger partial charge in [-0.05, 0) is 43.3 Å². The number of hydrogen-bond donors (Lipinski definition) is 2. The summed E-state index contributed by atoms with van der Waals surface area (Å²) in [4.78, 5) is 24.3. The molecule has 3 rings (SSSR count). The molecule has 162 valence electrons. The largest absolute Gasteiger partial charge is 0.351 e. The number of carbonyl (C=O) groups is 2. The maximum Gasteiger partial charge on any atom is 0.254 e. The number of nitrogens with zero attached hydrogens (tertiary/aromatic N) is 3. The third-order valence-corrected chi connectivity index (χ3v) is 5.54. The van der Waals surface area contributed by atoms with Crippen LogP contribution in [0.5, 0.6) is 0 Å². The topological polar surface area (TPSA) is 88.9 Å². The van der Waals surface area contributed by atoms with Crippen LogP contribution in [-0.2, 0) is 17.8 Å². The predicted octanol–water partition coefficient (Wildman–Crippen LogP) is 3.79. The quantitative estimate of drug-likeness (QED) is 0.473. The number of halogens is 2. The summed E-state index contributed by atoms with van der Waals surface area (Å²) in [7, 11) is 0. The van der Waals surface area contributed by atoms with Crippen LogP contribution >= 0.6 is 23.4 Å². The van der Waals surface area contributed by atoms with Gasteiger partial charge in [-0.1, -0.05) is 35.5 Å². The number of anilines is 1. The summed E-state index contributed by atoms with van der Waals surface area (Å²) in [6.45, 7) is 2.85. The lowest BCUT2D eigenvalue weighted by Gasteiger charge is -2.09. The molecule has 0 spiro atoms.